The first-order valence-corrected chi connectivity index (χ1v) is 6.14. The summed E-state index contributed by atoms with van der Waals surface area (Å²) in [6.07, 6.45) is 3.31. The molecule has 0 rings (SSSR count). The van der Waals surface area contributed by atoms with Crippen LogP contribution < -0.4 is 5.73 Å². The Morgan fingerprint density at radius 2 is 1.81 bits per heavy atom. The smallest absolute Gasteiger partial charge is 0.0462 e. The van der Waals surface area contributed by atoms with E-state index in [0.717, 1.165) is 39.1 Å². The molecule has 0 aromatic heterocycles. The third kappa shape index (κ3) is 10.4. The number of methoxy groups -OCH3 is 1. The van der Waals surface area contributed by atoms with E-state index in [1.807, 2.05) is 0 Å². The molecule has 0 aromatic rings. The highest BCUT2D eigenvalue weighted by Crippen LogP contribution is 1.98. The molecule has 2 N–H and O–H groups in total. The maximum Gasteiger partial charge on any atom is 0.0462 e. The van der Waals surface area contributed by atoms with Crippen LogP contribution in [0.2, 0.25) is 0 Å². The topological polar surface area (TPSA) is 41.7 Å². The van der Waals surface area contributed by atoms with Crippen molar-refractivity contribution in [2.45, 2.75) is 25.3 Å². The minimum atomic E-state index is 0.277. The van der Waals surface area contributed by atoms with Crippen molar-refractivity contribution >= 4 is 0 Å². The number of ether oxygens (including phenoxy) is 1. The number of nitrogens with two attached hydrogens (primary N) is 1. The fourth-order valence-electron chi connectivity index (χ4n) is 1.73. The summed E-state index contributed by atoms with van der Waals surface area (Å²) in [5, 5.41) is 0. The van der Waals surface area contributed by atoms with Crippen LogP contribution in [-0.4, -0.2) is 70.3 Å². The summed E-state index contributed by atoms with van der Waals surface area (Å²) in [7, 11) is 8.09. The van der Waals surface area contributed by atoms with Crippen molar-refractivity contribution in [2.75, 3.05) is 54.5 Å². The molecule has 4 nitrogen and oxygen atoms in total. The molecule has 1 unspecified atom stereocenters. The Balaban J connectivity index is 3.42. The lowest BCUT2D eigenvalue weighted by Gasteiger charge is -2.21. The van der Waals surface area contributed by atoms with Gasteiger partial charge in [0.15, 0.2) is 0 Å². The SMILES string of the molecule is COCCCC(N)CN(C)CCCN(C)C. The monoisotopic (exact) mass is 231 g/mol. The molecule has 16 heavy (non-hydrogen) atoms. The molecule has 4 heteroatoms. The second-order valence-corrected chi connectivity index (χ2v) is 4.81. The third-order valence-electron chi connectivity index (χ3n) is 2.61. The van der Waals surface area contributed by atoms with Gasteiger partial charge in [-0.25, -0.2) is 0 Å². The number of likely N-dealkylation sites (N-methyl/N-ethyl adjacent to an activating group) is 1. The molecule has 0 fully saturated rings. The van der Waals surface area contributed by atoms with Crippen molar-refractivity contribution in [3.63, 3.8) is 0 Å². The molecule has 0 spiro atoms. The standard InChI is InChI=1S/C12H29N3O/c1-14(2)8-6-9-15(3)11-12(13)7-5-10-16-4/h12H,5-11,13H2,1-4H3. The van der Waals surface area contributed by atoms with E-state index >= 15 is 0 Å². The maximum absolute atomic E-state index is 6.04. The lowest BCUT2D eigenvalue weighted by Crippen LogP contribution is -2.36. The normalized spacial score (nSPS) is 13.7. The van der Waals surface area contributed by atoms with Crippen LogP contribution in [0.15, 0.2) is 0 Å². The van der Waals surface area contributed by atoms with Crippen molar-refractivity contribution in [3.8, 4) is 0 Å². The van der Waals surface area contributed by atoms with Gasteiger partial charge in [-0.1, -0.05) is 0 Å². The van der Waals surface area contributed by atoms with Crippen LogP contribution in [0.5, 0.6) is 0 Å². The van der Waals surface area contributed by atoms with E-state index in [-0.39, 0.29) is 6.04 Å². The maximum atomic E-state index is 6.04. The molecule has 0 aliphatic heterocycles. The van der Waals surface area contributed by atoms with E-state index in [1.165, 1.54) is 6.42 Å². The van der Waals surface area contributed by atoms with Crippen molar-refractivity contribution < 1.29 is 4.74 Å². The zero-order chi connectivity index (χ0) is 12.4. The Morgan fingerprint density at radius 3 is 2.38 bits per heavy atom. The molecule has 0 saturated heterocycles. The highest BCUT2D eigenvalue weighted by molar-refractivity contribution is 4.66. The molecule has 0 heterocycles. The predicted octanol–water partition coefficient (Wildman–Crippen LogP) is 0.624. The van der Waals surface area contributed by atoms with Crippen molar-refractivity contribution in [1.29, 1.82) is 0 Å². The van der Waals surface area contributed by atoms with Gasteiger partial charge >= 0.3 is 0 Å². The lowest BCUT2D eigenvalue weighted by atomic mass is 10.1. The minimum absolute atomic E-state index is 0.277. The molecule has 1 atom stereocenters. The zero-order valence-corrected chi connectivity index (χ0v) is 11.4. The van der Waals surface area contributed by atoms with Gasteiger partial charge in [0.25, 0.3) is 0 Å². The van der Waals surface area contributed by atoms with Crippen LogP contribution in [0.25, 0.3) is 0 Å². The minimum Gasteiger partial charge on any atom is -0.385 e. The molecule has 0 saturated carbocycles. The van der Waals surface area contributed by atoms with Crippen LogP contribution in [0.1, 0.15) is 19.3 Å². The molecule has 0 bridgehead atoms. The largest absolute Gasteiger partial charge is 0.385 e. The average molecular weight is 231 g/mol. The van der Waals surface area contributed by atoms with Gasteiger partial charge in [-0.05, 0) is 53.5 Å². The van der Waals surface area contributed by atoms with Gasteiger partial charge in [0, 0.05) is 26.3 Å². The molecule has 0 amide bonds. The summed E-state index contributed by atoms with van der Waals surface area (Å²) in [6.45, 7) is 4.06. The van der Waals surface area contributed by atoms with E-state index in [0.29, 0.717) is 0 Å². The summed E-state index contributed by atoms with van der Waals surface area (Å²) in [4.78, 5) is 4.54. The molecule has 0 radical (unpaired) electrons. The third-order valence-corrected chi connectivity index (χ3v) is 2.61. The Hall–Kier alpha value is -0.160. The summed E-state index contributed by atoms with van der Waals surface area (Å²) in [5.74, 6) is 0. The predicted molar refractivity (Wildman–Crippen MR) is 69.8 cm³/mol. The van der Waals surface area contributed by atoms with Crippen molar-refractivity contribution in [1.82, 2.24) is 9.80 Å². The van der Waals surface area contributed by atoms with E-state index in [9.17, 15) is 0 Å². The molecule has 0 aromatic carbocycles. The molecular weight excluding hydrogens is 202 g/mol. The quantitative estimate of drug-likeness (QED) is 0.560. The van der Waals surface area contributed by atoms with Crippen LogP contribution in [0, 0.1) is 0 Å². The number of rotatable bonds is 10. The van der Waals surface area contributed by atoms with E-state index in [2.05, 4.69) is 30.9 Å². The Labute approximate surface area is 101 Å². The first-order valence-electron chi connectivity index (χ1n) is 6.14. The van der Waals surface area contributed by atoms with E-state index in [4.69, 9.17) is 10.5 Å². The van der Waals surface area contributed by atoms with Gasteiger partial charge in [-0.3, -0.25) is 0 Å². The van der Waals surface area contributed by atoms with Crippen LogP contribution in [0.3, 0.4) is 0 Å². The van der Waals surface area contributed by atoms with E-state index < -0.39 is 0 Å². The van der Waals surface area contributed by atoms with Crippen LogP contribution >= 0.6 is 0 Å². The van der Waals surface area contributed by atoms with Gasteiger partial charge in [0.05, 0.1) is 0 Å². The molecule has 98 valence electrons. The summed E-state index contributed by atoms with van der Waals surface area (Å²) < 4.78 is 5.01. The first-order chi connectivity index (χ1) is 7.56. The summed E-state index contributed by atoms with van der Waals surface area (Å²) in [5.41, 5.74) is 6.04. The number of nitrogens with zero attached hydrogens (tertiary/aromatic N) is 2. The number of hydrogen-bond donors (Lipinski definition) is 1. The first kappa shape index (κ1) is 15.8. The van der Waals surface area contributed by atoms with Gasteiger partial charge < -0.3 is 20.3 Å². The van der Waals surface area contributed by atoms with Crippen LogP contribution in [0.4, 0.5) is 0 Å². The fraction of sp³-hybridized carbons (Fsp3) is 1.00. The van der Waals surface area contributed by atoms with Gasteiger partial charge in [-0.2, -0.15) is 0 Å². The van der Waals surface area contributed by atoms with E-state index in [1.54, 1.807) is 7.11 Å². The Bertz CT molecular complexity index is 153. The van der Waals surface area contributed by atoms with Crippen molar-refractivity contribution in [2.24, 2.45) is 5.73 Å². The van der Waals surface area contributed by atoms with Gasteiger partial charge in [0.2, 0.25) is 0 Å². The van der Waals surface area contributed by atoms with Gasteiger partial charge in [-0.15, -0.1) is 0 Å². The van der Waals surface area contributed by atoms with Crippen molar-refractivity contribution in [3.05, 3.63) is 0 Å². The fourth-order valence-corrected chi connectivity index (χ4v) is 1.73. The lowest BCUT2D eigenvalue weighted by molar-refractivity contribution is 0.187. The molecule has 0 aliphatic carbocycles. The second kappa shape index (κ2) is 10.0. The summed E-state index contributed by atoms with van der Waals surface area (Å²) >= 11 is 0. The zero-order valence-electron chi connectivity index (χ0n) is 11.4. The number of hydrogen-bond acceptors (Lipinski definition) is 4. The highest BCUT2D eigenvalue weighted by atomic mass is 16.5. The summed E-state index contributed by atoms with van der Waals surface area (Å²) in [6, 6.07) is 0.277. The second-order valence-electron chi connectivity index (χ2n) is 4.81. The molecule has 0 aliphatic rings. The highest BCUT2D eigenvalue weighted by Gasteiger charge is 2.06. The Kier molecular flexibility index (Phi) is 9.92. The average Bonchev–Trinajstić information content (AvgIpc) is 2.17. The van der Waals surface area contributed by atoms with Crippen LogP contribution in [-0.2, 0) is 4.74 Å². The van der Waals surface area contributed by atoms with Gasteiger partial charge in [0.1, 0.15) is 0 Å². The Morgan fingerprint density at radius 1 is 1.12 bits per heavy atom. The molecular formula is C12H29N3O.